The van der Waals surface area contributed by atoms with Gasteiger partial charge in [0.05, 0.1) is 0 Å². The smallest absolute Gasteiger partial charge is 0.237 e. The average molecular weight is 443 g/mol. The zero-order chi connectivity index (χ0) is 18.1. The topological polar surface area (TPSA) is 54.2 Å². The molecule has 0 fully saturated rings. The van der Waals surface area contributed by atoms with E-state index in [0.717, 1.165) is 34.0 Å². The molecule has 0 bridgehead atoms. The van der Waals surface area contributed by atoms with Gasteiger partial charge < -0.3 is 8.98 Å². The summed E-state index contributed by atoms with van der Waals surface area (Å²) in [5, 5.41) is 9.30. The van der Waals surface area contributed by atoms with Crippen molar-refractivity contribution in [2.45, 2.75) is 27.7 Å². The molecule has 126 valence electrons. The van der Waals surface area contributed by atoms with Gasteiger partial charge in [0.25, 0.3) is 0 Å². The van der Waals surface area contributed by atoms with Crippen LogP contribution in [0.1, 0.15) is 33.8 Å². The first-order valence-electron chi connectivity index (χ1n) is 7.91. The summed E-state index contributed by atoms with van der Waals surface area (Å²) < 4.78 is 9.01. The maximum Gasteiger partial charge on any atom is 0.237 e. The number of furan rings is 1. The van der Waals surface area contributed by atoms with Crippen LogP contribution in [-0.4, -0.2) is 10.8 Å². The highest BCUT2D eigenvalue weighted by atomic mass is 127. The zero-order valence-electron chi connectivity index (χ0n) is 14.6. The Labute approximate surface area is 160 Å². The Kier molecular flexibility index (Phi) is 4.82. The average Bonchev–Trinajstić information content (AvgIpc) is 3.02. The van der Waals surface area contributed by atoms with E-state index in [4.69, 9.17) is 4.42 Å². The SMILES string of the molecule is Cc1oc(N=Cc2cc(C)n(-c3ccc(I)cc3)c2C)c(C#N)c1C. The second-order valence-corrected chi connectivity index (χ2v) is 7.22. The maximum absolute atomic E-state index is 9.30. The summed E-state index contributed by atoms with van der Waals surface area (Å²) >= 11 is 2.30. The van der Waals surface area contributed by atoms with Crippen molar-refractivity contribution in [3.8, 4) is 11.8 Å². The number of aliphatic imine (C=N–C) groups is 1. The Morgan fingerprint density at radius 2 is 1.84 bits per heavy atom. The number of nitriles is 1. The summed E-state index contributed by atoms with van der Waals surface area (Å²) in [7, 11) is 0. The molecule has 0 radical (unpaired) electrons. The van der Waals surface area contributed by atoms with E-state index < -0.39 is 0 Å². The van der Waals surface area contributed by atoms with E-state index in [-0.39, 0.29) is 0 Å². The number of nitrogens with zero attached hydrogens (tertiary/aromatic N) is 3. The molecule has 0 N–H and O–H groups in total. The van der Waals surface area contributed by atoms with Gasteiger partial charge in [-0.05, 0) is 80.6 Å². The van der Waals surface area contributed by atoms with Crippen molar-refractivity contribution < 1.29 is 4.42 Å². The van der Waals surface area contributed by atoms with Crippen LogP contribution < -0.4 is 0 Å². The fourth-order valence-electron chi connectivity index (χ4n) is 2.87. The number of aromatic nitrogens is 1. The fourth-order valence-corrected chi connectivity index (χ4v) is 3.23. The molecule has 0 aliphatic rings. The first-order chi connectivity index (χ1) is 11.9. The van der Waals surface area contributed by atoms with E-state index >= 15 is 0 Å². The van der Waals surface area contributed by atoms with E-state index in [1.165, 1.54) is 3.57 Å². The van der Waals surface area contributed by atoms with Crippen LogP contribution in [-0.2, 0) is 0 Å². The Balaban J connectivity index is 2.00. The van der Waals surface area contributed by atoms with Gasteiger partial charge in [-0.2, -0.15) is 5.26 Å². The third-order valence-corrected chi connectivity index (χ3v) is 5.07. The van der Waals surface area contributed by atoms with E-state index in [0.29, 0.717) is 11.4 Å². The molecule has 3 aromatic rings. The van der Waals surface area contributed by atoms with Crippen molar-refractivity contribution in [1.29, 1.82) is 5.26 Å². The van der Waals surface area contributed by atoms with Crippen molar-refractivity contribution in [1.82, 2.24) is 4.57 Å². The quantitative estimate of drug-likeness (QED) is 0.395. The summed E-state index contributed by atoms with van der Waals surface area (Å²) in [6, 6.07) is 12.7. The summed E-state index contributed by atoms with van der Waals surface area (Å²) in [6.07, 6.45) is 1.77. The lowest BCUT2D eigenvalue weighted by atomic mass is 10.2. The molecule has 5 heteroatoms. The minimum atomic E-state index is 0.372. The van der Waals surface area contributed by atoms with Crippen molar-refractivity contribution in [3.05, 3.63) is 67.7 Å². The largest absolute Gasteiger partial charge is 0.442 e. The van der Waals surface area contributed by atoms with Gasteiger partial charge in [0.1, 0.15) is 17.4 Å². The van der Waals surface area contributed by atoms with Gasteiger partial charge in [-0.25, -0.2) is 4.99 Å². The van der Waals surface area contributed by atoms with E-state index in [1.54, 1.807) is 6.21 Å². The highest BCUT2D eigenvalue weighted by Crippen LogP contribution is 2.28. The standard InChI is InChI=1S/C20H18IN3O/c1-12-9-16(11-23-20-19(10-22)13(2)15(4)25-20)14(3)24(12)18-7-5-17(21)6-8-18/h5-9,11H,1-4H3. The molecule has 0 spiro atoms. The third kappa shape index (κ3) is 3.27. The predicted molar refractivity (Wildman–Crippen MR) is 108 cm³/mol. The Morgan fingerprint density at radius 3 is 2.48 bits per heavy atom. The molecule has 0 unspecified atom stereocenters. The molecule has 0 amide bonds. The molecule has 4 nitrogen and oxygen atoms in total. The second-order valence-electron chi connectivity index (χ2n) is 5.97. The third-order valence-electron chi connectivity index (χ3n) is 4.35. The van der Waals surface area contributed by atoms with Crippen molar-refractivity contribution in [2.24, 2.45) is 4.99 Å². The van der Waals surface area contributed by atoms with Crippen LogP contribution in [0, 0.1) is 42.6 Å². The van der Waals surface area contributed by atoms with Gasteiger partial charge in [-0.1, -0.05) is 0 Å². The van der Waals surface area contributed by atoms with Crippen molar-refractivity contribution in [3.63, 3.8) is 0 Å². The molecule has 1 aromatic carbocycles. The predicted octanol–water partition coefficient (Wildman–Crippen LogP) is 5.53. The first-order valence-corrected chi connectivity index (χ1v) is 8.99. The molecule has 3 rings (SSSR count). The Morgan fingerprint density at radius 1 is 1.16 bits per heavy atom. The highest BCUT2D eigenvalue weighted by molar-refractivity contribution is 14.1. The Hall–Kier alpha value is -2.33. The molecular formula is C20H18IN3O. The van der Waals surface area contributed by atoms with Gasteiger partial charge in [-0.15, -0.1) is 0 Å². The highest BCUT2D eigenvalue weighted by Gasteiger charge is 2.14. The fraction of sp³-hybridized carbons (Fsp3) is 0.200. The minimum Gasteiger partial charge on any atom is -0.442 e. The Bertz CT molecular complexity index is 1000. The molecule has 2 aromatic heterocycles. The molecule has 0 aliphatic carbocycles. The van der Waals surface area contributed by atoms with Crippen LogP contribution >= 0.6 is 22.6 Å². The number of rotatable bonds is 3. The minimum absolute atomic E-state index is 0.372. The summed E-state index contributed by atoms with van der Waals surface area (Å²) in [4.78, 5) is 4.42. The lowest BCUT2D eigenvalue weighted by molar-refractivity contribution is 0.542. The van der Waals surface area contributed by atoms with Crippen LogP contribution in [0.15, 0.2) is 39.7 Å². The van der Waals surface area contributed by atoms with Gasteiger partial charge in [-0.3, -0.25) is 0 Å². The molecule has 0 saturated heterocycles. The first kappa shape index (κ1) is 17.5. The van der Waals surface area contributed by atoms with E-state index in [1.807, 2.05) is 13.8 Å². The zero-order valence-corrected chi connectivity index (χ0v) is 16.7. The molecule has 2 heterocycles. The number of hydrogen-bond donors (Lipinski definition) is 0. The van der Waals surface area contributed by atoms with Crippen LogP contribution in [0.4, 0.5) is 5.88 Å². The lowest BCUT2D eigenvalue weighted by Crippen LogP contribution is -1.99. The number of hydrogen-bond acceptors (Lipinski definition) is 3. The second kappa shape index (κ2) is 6.89. The number of benzene rings is 1. The van der Waals surface area contributed by atoms with Gasteiger partial charge in [0, 0.05) is 38.0 Å². The number of aryl methyl sites for hydroxylation is 2. The summed E-state index contributed by atoms with van der Waals surface area (Å²) in [5.41, 5.74) is 5.71. The summed E-state index contributed by atoms with van der Waals surface area (Å²) in [6.45, 7) is 7.86. The normalized spacial score (nSPS) is 11.2. The van der Waals surface area contributed by atoms with Crippen LogP contribution in [0.2, 0.25) is 0 Å². The van der Waals surface area contributed by atoms with Crippen LogP contribution in [0.3, 0.4) is 0 Å². The molecule has 0 atom stereocenters. The maximum atomic E-state index is 9.30. The van der Waals surface area contributed by atoms with Gasteiger partial charge in [0.2, 0.25) is 5.88 Å². The van der Waals surface area contributed by atoms with E-state index in [9.17, 15) is 5.26 Å². The van der Waals surface area contributed by atoms with Crippen LogP contribution in [0.5, 0.6) is 0 Å². The lowest BCUT2D eigenvalue weighted by Gasteiger charge is -2.09. The summed E-state index contributed by atoms with van der Waals surface area (Å²) in [5.74, 6) is 1.10. The molecular weight excluding hydrogens is 425 g/mol. The monoisotopic (exact) mass is 443 g/mol. The van der Waals surface area contributed by atoms with Crippen molar-refractivity contribution in [2.75, 3.05) is 0 Å². The van der Waals surface area contributed by atoms with Gasteiger partial charge in [0.15, 0.2) is 0 Å². The molecule has 25 heavy (non-hydrogen) atoms. The van der Waals surface area contributed by atoms with Crippen molar-refractivity contribution >= 4 is 34.7 Å². The number of halogens is 1. The van der Waals surface area contributed by atoms with E-state index in [2.05, 4.69) is 82.4 Å². The van der Waals surface area contributed by atoms with Crippen LogP contribution in [0.25, 0.3) is 5.69 Å². The molecule has 0 saturated carbocycles. The molecule has 0 aliphatic heterocycles. The van der Waals surface area contributed by atoms with Gasteiger partial charge >= 0.3 is 0 Å².